The van der Waals surface area contributed by atoms with Crippen molar-refractivity contribution >= 4 is 16.6 Å². The molecule has 0 unspecified atom stereocenters. The SMILES string of the molecule is CC(C)(C)n1ncc2c(N3CCNCC3)cncc21. The number of hydrogen-bond donors (Lipinski definition) is 1. The molecule has 5 heteroatoms. The van der Waals surface area contributed by atoms with Crippen molar-refractivity contribution < 1.29 is 0 Å². The van der Waals surface area contributed by atoms with E-state index in [-0.39, 0.29) is 5.54 Å². The summed E-state index contributed by atoms with van der Waals surface area (Å²) in [5.41, 5.74) is 2.30. The average Bonchev–Trinajstić information content (AvgIpc) is 2.83. The Morgan fingerprint density at radius 2 is 1.84 bits per heavy atom. The molecule has 0 bridgehead atoms. The number of anilines is 1. The summed E-state index contributed by atoms with van der Waals surface area (Å²) in [5, 5.41) is 9.14. The van der Waals surface area contributed by atoms with E-state index in [1.807, 2.05) is 18.6 Å². The first kappa shape index (κ1) is 12.4. The van der Waals surface area contributed by atoms with Crippen LogP contribution in [0.3, 0.4) is 0 Å². The predicted molar refractivity (Wildman–Crippen MR) is 77.6 cm³/mol. The van der Waals surface area contributed by atoms with Gasteiger partial charge in [0.15, 0.2) is 0 Å². The Hall–Kier alpha value is -1.62. The van der Waals surface area contributed by atoms with Crippen LogP contribution in [0.4, 0.5) is 5.69 Å². The molecule has 19 heavy (non-hydrogen) atoms. The van der Waals surface area contributed by atoms with Crippen LogP contribution in [-0.4, -0.2) is 40.9 Å². The van der Waals surface area contributed by atoms with Crippen LogP contribution < -0.4 is 10.2 Å². The molecule has 2 aromatic rings. The van der Waals surface area contributed by atoms with Gasteiger partial charge < -0.3 is 10.2 Å². The zero-order chi connectivity index (χ0) is 13.5. The third kappa shape index (κ3) is 2.18. The Balaban J connectivity index is 2.09. The second-order valence-corrected chi connectivity index (χ2v) is 6.06. The van der Waals surface area contributed by atoms with Crippen molar-refractivity contribution in [2.45, 2.75) is 26.3 Å². The van der Waals surface area contributed by atoms with Crippen LogP contribution >= 0.6 is 0 Å². The Morgan fingerprint density at radius 3 is 2.53 bits per heavy atom. The highest BCUT2D eigenvalue weighted by Crippen LogP contribution is 2.28. The van der Waals surface area contributed by atoms with Crippen molar-refractivity contribution in [2.24, 2.45) is 0 Å². The zero-order valence-corrected chi connectivity index (χ0v) is 11.8. The van der Waals surface area contributed by atoms with Gasteiger partial charge in [0.05, 0.1) is 35.3 Å². The Kier molecular flexibility index (Phi) is 2.93. The second-order valence-electron chi connectivity index (χ2n) is 6.06. The van der Waals surface area contributed by atoms with Gasteiger partial charge in [-0.2, -0.15) is 5.10 Å². The third-order valence-electron chi connectivity index (χ3n) is 3.57. The van der Waals surface area contributed by atoms with E-state index >= 15 is 0 Å². The molecule has 0 atom stereocenters. The van der Waals surface area contributed by atoms with Crippen LogP contribution in [0.5, 0.6) is 0 Å². The zero-order valence-electron chi connectivity index (χ0n) is 11.8. The van der Waals surface area contributed by atoms with E-state index in [1.165, 1.54) is 11.1 Å². The first-order valence-corrected chi connectivity index (χ1v) is 6.85. The molecule has 0 radical (unpaired) electrons. The summed E-state index contributed by atoms with van der Waals surface area (Å²) >= 11 is 0. The molecule has 2 aromatic heterocycles. The first-order chi connectivity index (χ1) is 9.07. The van der Waals surface area contributed by atoms with Crippen molar-refractivity contribution in [2.75, 3.05) is 31.1 Å². The molecule has 0 amide bonds. The van der Waals surface area contributed by atoms with Crippen LogP contribution in [0.15, 0.2) is 18.6 Å². The van der Waals surface area contributed by atoms with E-state index in [4.69, 9.17) is 0 Å². The van der Waals surface area contributed by atoms with Gasteiger partial charge in [-0.3, -0.25) is 9.67 Å². The largest absolute Gasteiger partial charge is 0.367 e. The molecule has 0 aliphatic carbocycles. The highest BCUT2D eigenvalue weighted by molar-refractivity contribution is 5.91. The van der Waals surface area contributed by atoms with Crippen molar-refractivity contribution in [3.63, 3.8) is 0 Å². The van der Waals surface area contributed by atoms with E-state index in [1.54, 1.807) is 0 Å². The molecule has 3 rings (SSSR count). The smallest absolute Gasteiger partial charge is 0.0892 e. The Bertz CT molecular complexity index is 575. The molecule has 0 spiro atoms. The number of piperazine rings is 1. The Labute approximate surface area is 113 Å². The molecule has 5 nitrogen and oxygen atoms in total. The molecule has 1 saturated heterocycles. The van der Waals surface area contributed by atoms with Crippen molar-refractivity contribution in [1.29, 1.82) is 0 Å². The van der Waals surface area contributed by atoms with Crippen LogP contribution in [-0.2, 0) is 5.54 Å². The number of hydrogen-bond acceptors (Lipinski definition) is 4. The van der Waals surface area contributed by atoms with Gasteiger partial charge in [0.25, 0.3) is 0 Å². The lowest BCUT2D eigenvalue weighted by atomic mass is 10.1. The number of fused-ring (bicyclic) bond motifs is 1. The number of pyridine rings is 1. The van der Waals surface area contributed by atoms with E-state index in [9.17, 15) is 0 Å². The lowest BCUT2D eigenvalue weighted by molar-refractivity contribution is 0.368. The molecule has 1 N–H and O–H groups in total. The van der Waals surface area contributed by atoms with Crippen LogP contribution in [0.2, 0.25) is 0 Å². The minimum absolute atomic E-state index is 0.0223. The number of aromatic nitrogens is 3. The summed E-state index contributed by atoms with van der Waals surface area (Å²) in [7, 11) is 0. The van der Waals surface area contributed by atoms with Crippen molar-refractivity contribution in [3.05, 3.63) is 18.6 Å². The maximum atomic E-state index is 4.56. The summed E-state index contributed by atoms with van der Waals surface area (Å²) in [6.07, 6.45) is 5.85. The molecule has 102 valence electrons. The van der Waals surface area contributed by atoms with E-state index in [2.05, 4.69) is 45.8 Å². The predicted octanol–water partition coefficient (Wildman–Crippen LogP) is 1.60. The van der Waals surface area contributed by atoms with E-state index < -0.39 is 0 Å². The van der Waals surface area contributed by atoms with Crippen molar-refractivity contribution in [3.8, 4) is 0 Å². The maximum Gasteiger partial charge on any atom is 0.0892 e. The van der Waals surface area contributed by atoms with Crippen LogP contribution in [0, 0.1) is 0 Å². The van der Waals surface area contributed by atoms with Crippen LogP contribution in [0.25, 0.3) is 10.9 Å². The lowest BCUT2D eigenvalue weighted by Gasteiger charge is -2.29. The quantitative estimate of drug-likeness (QED) is 0.845. The highest BCUT2D eigenvalue weighted by atomic mass is 15.3. The normalized spacial score (nSPS) is 17.1. The van der Waals surface area contributed by atoms with E-state index in [0.717, 1.165) is 31.7 Å². The summed E-state index contributed by atoms with van der Waals surface area (Å²) in [4.78, 5) is 6.80. The minimum Gasteiger partial charge on any atom is -0.367 e. The molecule has 3 heterocycles. The fourth-order valence-electron chi connectivity index (χ4n) is 2.62. The summed E-state index contributed by atoms with van der Waals surface area (Å²) < 4.78 is 2.06. The van der Waals surface area contributed by atoms with Crippen LogP contribution in [0.1, 0.15) is 20.8 Å². The molecule has 1 fully saturated rings. The van der Waals surface area contributed by atoms with Gasteiger partial charge in [-0.1, -0.05) is 0 Å². The van der Waals surface area contributed by atoms with Gasteiger partial charge in [0.2, 0.25) is 0 Å². The molecular formula is C14H21N5. The van der Waals surface area contributed by atoms with Gasteiger partial charge in [-0.05, 0) is 20.8 Å². The summed E-state index contributed by atoms with van der Waals surface area (Å²) in [6.45, 7) is 10.6. The van der Waals surface area contributed by atoms with Gasteiger partial charge in [0.1, 0.15) is 0 Å². The molecular weight excluding hydrogens is 238 g/mol. The topological polar surface area (TPSA) is 46.0 Å². The number of nitrogens with one attached hydrogen (secondary N) is 1. The average molecular weight is 259 g/mol. The van der Waals surface area contributed by atoms with Gasteiger partial charge in [-0.15, -0.1) is 0 Å². The summed E-state index contributed by atoms with van der Waals surface area (Å²) in [5.74, 6) is 0. The molecule has 0 saturated carbocycles. The molecule has 1 aliphatic rings. The third-order valence-corrected chi connectivity index (χ3v) is 3.57. The van der Waals surface area contributed by atoms with E-state index in [0.29, 0.717) is 0 Å². The van der Waals surface area contributed by atoms with Gasteiger partial charge in [0, 0.05) is 31.6 Å². The lowest BCUT2D eigenvalue weighted by Crippen LogP contribution is -2.43. The molecule has 0 aromatic carbocycles. The monoisotopic (exact) mass is 259 g/mol. The standard InChI is InChI=1S/C14H21N5/c1-14(2,3)19-13-10-16-9-12(11(13)8-17-19)18-6-4-15-5-7-18/h8-10,15H,4-7H2,1-3H3. The van der Waals surface area contributed by atoms with Gasteiger partial charge >= 0.3 is 0 Å². The summed E-state index contributed by atoms with van der Waals surface area (Å²) in [6, 6.07) is 0. The Morgan fingerprint density at radius 1 is 1.11 bits per heavy atom. The fourth-order valence-corrected chi connectivity index (χ4v) is 2.62. The maximum absolute atomic E-state index is 4.56. The minimum atomic E-state index is -0.0223. The molecule has 1 aliphatic heterocycles. The second kappa shape index (κ2) is 4.49. The number of nitrogens with zero attached hydrogens (tertiary/aromatic N) is 4. The van der Waals surface area contributed by atoms with Crippen molar-refractivity contribution in [1.82, 2.24) is 20.1 Å². The van der Waals surface area contributed by atoms with Gasteiger partial charge in [-0.25, -0.2) is 0 Å². The number of rotatable bonds is 1. The fraction of sp³-hybridized carbons (Fsp3) is 0.571. The first-order valence-electron chi connectivity index (χ1n) is 6.85. The highest BCUT2D eigenvalue weighted by Gasteiger charge is 2.20.